The van der Waals surface area contributed by atoms with Crippen LogP contribution >= 0.6 is 0 Å². The van der Waals surface area contributed by atoms with E-state index in [2.05, 4.69) is 24.5 Å². The van der Waals surface area contributed by atoms with E-state index in [0.29, 0.717) is 24.3 Å². The molecule has 3 rings (SSSR count). The van der Waals surface area contributed by atoms with Crippen LogP contribution in [0, 0.1) is 0 Å². The Balaban J connectivity index is 1.83. The van der Waals surface area contributed by atoms with Gasteiger partial charge < -0.3 is 10.6 Å². The van der Waals surface area contributed by atoms with Crippen molar-refractivity contribution in [2.24, 2.45) is 0 Å². The van der Waals surface area contributed by atoms with Crippen LogP contribution in [0.3, 0.4) is 0 Å². The summed E-state index contributed by atoms with van der Waals surface area (Å²) in [7, 11) is 0. The molecule has 0 atom stereocenters. The van der Waals surface area contributed by atoms with Crippen molar-refractivity contribution in [1.29, 1.82) is 0 Å². The maximum atomic E-state index is 12.5. The van der Waals surface area contributed by atoms with Gasteiger partial charge in [-0.05, 0) is 47.7 Å². The second-order valence-electron chi connectivity index (χ2n) is 6.12. The second-order valence-corrected chi connectivity index (χ2v) is 6.12. The molecule has 0 aliphatic carbocycles. The Bertz CT molecular complexity index is 766. The summed E-state index contributed by atoms with van der Waals surface area (Å²) in [4.78, 5) is 23.9. The maximum Gasteiger partial charge on any atom is 0.255 e. The van der Waals surface area contributed by atoms with Crippen molar-refractivity contribution in [3.8, 4) is 0 Å². The van der Waals surface area contributed by atoms with Crippen LogP contribution in [-0.4, -0.2) is 11.8 Å². The van der Waals surface area contributed by atoms with Gasteiger partial charge in [0.2, 0.25) is 5.91 Å². The number of anilines is 2. The molecule has 2 aromatic rings. The number of hydrogen-bond donors (Lipinski definition) is 2. The first-order chi connectivity index (χ1) is 11.0. The highest BCUT2D eigenvalue weighted by Gasteiger charge is 2.17. The van der Waals surface area contributed by atoms with E-state index in [1.54, 1.807) is 12.1 Å². The highest BCUT2D eigenvalue weighted by atomic mass is 16.2. The lowest BCUT2D eigenvalue weighted by Crippen LogP contribution is -2.20. The zero-order valence-corrected chi connectivity index (χ0v) is 13.3. The minimum absolute atomic E-state index is 0.0283. The summed E-state index contributed by atoms with van der Waals surface area (Å²) >= 11 is 0. The van der Waals surface area contributed by atoms with Gasteiger partial charge in [0.05, 0.1) is 0 Å². The topological polar surface area (TPSA) is 58.2 Å². The fourth-order valence-electron chi connectivity index (χ4n) is 2.83. The van der Waals surface area contributed by atoms with Crippen LogP contribution in [0.4, 0.5) is 11.4 Å². The fraction of sp³-hybridized carbons (Fsp3) is 0.263. The highest BCUT2D eigenvalue weighted by molar-refractivity contribution is 6.05. The number of benzene rings is 2. The van der Waals surface area contributed by atoms with E-state index in [9.17, 15) is 9.59 Å². The Morgan fingerprint density at radius 3 is 2.70 bits per heavy atom. The van der Waals surface area contributed by atoms with Crippen molar-refractivity contribution in [3.63, 3.8) is 0 Å². The Kier molecular flexibility index (Phi) is 4.15. The SMILES string of the molecule is CC(C)c1ccccc1NC(=O)c1ccc2c(c1)CCC(=O)N2. The maximum absolute atomic E-state index is 12.5. The second kappa shape index (κ2) is 6.24. The summed E-state index contributed by atoms with van der Waals surface area (Å²) in [5, 5.41) is 5.83. The molecule has 0 saturated carbocycles. The fourth-order valence-corrected chi connectivity index (χ4v) is 2.83. The van der Waals surface area contributed by atoms with Crippen LogP contribution < -0.4 is 10.6 Å². The van der Waals surface area contributed by atoms with Crippen LogP contribution in [0.25, 0.3) is 0 Å². The van der Waals surface area contributed by atoms with Crippen molar-refractivity contribution < 1.29 is 9.59 Å². The predicted octanol–water partition coefficient (Wildman–Crippen LogP) is 3.95. The molecule has 1 heterocycles. The lowest BCUT2D eigenvalue weighted by Gasteiger charge is -2.18. The Morgan fingerprint density at radius 2 is 1.91 bits per heavy atom. The van der Waals surface area contributed by atoms with E-state index < -0.39 is 0 Å². The summed E-state index contributed by atoms with van der Waals surface area (Å²) in [6.07, 6.45) is 1.14. The zero-order chi connectivity index (χ0) is 16.4. The van der Waals surface area contributed by atoms with Crippen LogP contribution in [0.15, 0.2) is 42.5 Å². The third kappa shape index (κ3) is 3.26. The minimum atomic E-state index is -0.127. The van der Waals surface area contributed by atoms with Crippen molar-refractivity contribution in [1.82, 2.24) is 0 Å². The zero-order valence-electron chi connectivity index (χ0n) is 13.3. The first-order valence-corrected chi connectivity index (χ1v) is 7.87. The van der Waals surface area contributed by atoms with Crippen LogP contribution in [0.5, 0.6) is 0 Å². The van der Waals surface area contributed by atoms with Crippen LogP contribution in [0.2, 0.25) is 0 Å². The van der Waals surface area contributed by atoms with Crippen LogP contribution in [0.1, 0.15) is 47.7 Å². The molecule has 2 aromatic carbocycles. The number of amides is 2. The van der Waals surface area contributed by atoms with Gasteiger partial charge in [0.15, 0.2) is 0 Å². The summed E-state index contributed by atoms with van der Waals surface area (Å²) in [6.45, 7) is 4.21. The number of hydrogen-bond acceptors (Lipinski definition) is 2. The Labute approximate surface area is 135 Å². The molecule has 1 aliphatic heterocycles. The normalized spacial score (nSPS) is 13.4. The molecule has 23 heavy (non-hydrogen) atoms. The first kappa shape index (κ1) is 15.3. The standard InChI is InChI=1S/C19H20N2O2/c1-12(2)15-5-3-4-6-17(15)21-19(23)14-7-9-16-13(11-14)8-10-18(22)20-16/h3-7,9,11-12H,8,10H2,1-2H3,(H,20,22)(H,21,23). The number of nitrogens with one attached hydrogen (secondary N) is 2. The summed E-state index contributed by atoms with van der Waals surface area (Å²) in [6, 6.07) is 13.3. The summed E-state index contributed by atoms with van der Waals surface area (Å²) < 4.78 is 0. The van der Waals surface area contributed by atoms with Gasteiger partial charge in [0.25, 0.3) is 5.91 Å². The highest BCUT2D eigenvalue weighted by Crippen LogP contribution is 2.26. The molecule has 0 unspecified atom stereocenters. The lowest BCUT2D eigenvalue weighted by molar-refractivity contribution is -0.116. The predicted molar refractivity (Wildman–Crippen MR) is 91.9 cm³/mol. The van der Waals surface area contributed by atoms with E-state index >= 15 is 0 Å². The van der Waals surface area contributed by atoms with Gasteiger partial charge in [0.1, 0.15) is 0 Å². The molecule has 0 aromatic heterocycles. The van der Waals surface area contributed by atoms with E-state index in [1.165, 1.54) is 0 Å². The van der Waals surface area contributed by atoms with Crippen molar-refractivity contribution in [2.75, 3.05) is 10.6 Å². The third-order valence-corrected chi connectivity index (χ3v) is 4.09. The van der Waals surface area contributed by atoms with Gasteiger partial charge >= 0.3 is 0 Å². The molecular formula is C19H20N2O2. The molecule has 1 aliphatic rings. The van der Waals surface area contributed by atoms with Gasteiger partial charge in [-0.2, -0.15) is 0 Å². The quantitative estimate of drug-likeness (QED) is 0.902. The largest absolute Gasteiger partial charge is 0.326 e. The first-order valence-electron chi connectivity index (χ1n) is 7.87. The number of para-hydroxylation sites is 1. The monoisotopic (exact) mass is 308 g/mol. The number of fused-ring (bicyclic) bond motifs is 1. The molecule has 0 radical (unpaired) electrons. The number of carbonyl (C=O) groups is 2. The third-order valence-electron chi connectivity index (χ3n) is 4.09. The molecule has 2 amide bonds. The smallest absolute Gasteiger partial charge is 0.255 e. The van der Waals surface area contributed by atoms with Gasteiger partial charge in [-0.1, -0.05) is 32.0 Å². The average Bonchev–Trinajstić information content (AvgIpc) is 2.54. The molecule has 0 fully saturated rings. The molecule has 4 nitrogen and oxygen atoms in total. The summed E-state index contributed by atoms with van der Waals surface area (Å²) in [5.74, 6) is 0.239. The lowest BCUT2D eigenvalue weighted by atomic mass is 9.99. The van der Waals surface area contributed by atoms with Gasteiger partial charge in [-0.25, -0.2) is 0 Å². The summed E-state index contributed by atoms with van der Waals surface area (Å²) in [5.41, 5.74) is 4.39. The molecule has 118 valence electrons. The number of carbonyl (C=O) groups excluding carboxylic acids is 2. The Morgan fingerprint density at radius 1 is 1.13 bits per heavy atom. The van der Waals surface area contributed by atoms with Crippen molar-refractivity contribution in [3.05, 3.63) is 59.2 Å². The van der Waals surface area contributed by atoms with Gasteiger partial charge in [0, 0.05) is 23.4 Å². The van der Waals surface area contributed by atoms with E-state index in [-0.39, 0.29) is 11.8 Å². The molecule has 0 spiro atoms. The molecule has 4 heteroatoms. The van der Waals surface area contributed by atoms with Crippen molar-refractivity contribution in [2.45, 2.75) is 32.6 Å². The molecule has 2 N–H and O–H groups in total. The van der Waals surface area contributed by atoms with E-state index in [4.69, 9.17) is 0 Å². The molecular weight excluding hydrogens is 288 g/mol. The Hall–Kier alpha value is -2.62. The average molecular weight is 308 g/mol. The van der Waals surface area contributed by atoms with Crippen LogP contribution in [-0.2, 0) is 11.2 Å². The van der Waals surface area contributed by atoms with E-state index in [1.807, 2.05) is 30.3 Å². The van der Waals surface area contributed by atoms with Gasteiger partial charge in [-0.3, -0.25) is 9.59 Å². The van der Waals surface area contributed by atoms with Gasteiger partial charge in [-0.15, -0.1) is 0 Å². The number of aryl methyl sites for hydroxylation is 1. The molecule has 0 bridgehead atoms. The van der Waals surface area contributed by atoms with E-state index in [0.717, 1.165) is 22.5 Å². The minimum Gasteiger partial charge on any atom is -0.326 e. The molecule has 0 saturated heterocycles. The van der Waals surface area contributed by atoms with Crippen molar-refractivity contribution >= 4 is 23.2 Å². The number of rotatable bonds is 3.